The molecule has 4 amide bonds. The van der Waals surface area contributed by atoms with Crippen LogP contribution in [0.4, 0.5) is 4.79 Å². The molecule has 2 aliphatic rings. The third-order valence-corrected chi connectivity index (χ3v) is 4.54. The number of aryl methyl sites for hydroxylation is 1. The molecule has 0 unspecified atom stereocenters. The number of likely N-dealkylation sites (tertiary alicyclic amines) is 1. The zero-order chi connectivity index (χ0) is 15.2. The Morgan fingerprint density at radius 3 is 2.48 bits per heavy atom. The topological polar surface area (TPSA) is 83.4 Å². The largest absolute Gasteiger partial charge is 0.345 e. The standard InChI is InChI=1S/C13H15BrN4O3/c1-17-7-8(14)6-9(17)10(19)18-4-2-13(3-5-18)11(20)15-12(21)16-13/h6-7H,2-5H2,1H3,(H2,15,16,20,21). The van der Waals surface area contributed by atoms with Gasteiger partial charge in [0.05, 0.1) is 0 Å². The number of imide groups is 1. The lowest BCUT2D eigenvalue weighted by Gasteiger charge is -2.36. The highest BCUT2D eigenvalue weighted by molar-refractivity contribution is 9.10. The Bertz CT molecular complexity index is 631. The van der Waals surface area contributed by atoms with E-state index in [2.05, 4.69) is 26.6 Å². The molecule has 112 valence electrons. The van der Waals surface area contributed by atoms with Crippen LogP contribution in [0.15, 0.2) is 16.7 Å². The van der Waals surface area contributed by atoms with Gasteiger partial charge in [0.1, 0.15) is 11.2 Å². The van der Waals surface area contributed by atoms with Gasteiger partial charge in [-0.05, 0) is 34.8 Å². The van der Waals surface area contributed by atoms with Gasteiger partial charge in [-0.25, -0.2) is 4.79 Å². The van der Waals surface area contributed by atoms with Crippen molar-refractivity contribution in [2.45, 2.75) is 18.4 Å². The first-order valence-electron chi connectivity index (χ1n) is 6.66. The molecule has 0 saturated carbocycles. The number of halogens is 1. The van der Waals surface area contributed by atoms with Gasteiger partial charge in [-0.1, -0.05) is 0 Å². The summed E-state index contributed by atoms with van der Waals surface area (Å²) in [6.45, 7) is 0.880. The van der Waals surface area contributed by atoms with Crippen molar-refractivity contribution in [1.82, 2.24) is 20.1 Å². The number of carbonyl (C=O) groups is 3. The summed E-state index contributed by atoms with van der Waals surface area (Å²) >= 11 is 3.35. The average molecular weight is 355 g/mol. The fraction of sp³-hybridized carbons (Fsp3) is 0.462. The number of carbonyl (C=O) groups excluding carboxylic acids is 3. The number of piperidine rings is 1. The summed E-state index contributed by atoms with van der Waals surface area (Å²) in [4.78, 5) is 37.3. The number of aromatic nitrogens is 1. The number of nitrogens with zero attached hydrogens (tertiary/aromatic N) is 2. The molecule has 3 heterocycles. The van der Waals surface area contributed by atoms with Crippen LogP contribution < -0.4 is 10.6 Å². The van der Waals surface area contributed by atoms with E-state index in [1.807, 2.05) is 13.2 Å². The lowest BCUT2D eigenvalue weighted by molar-refractivity contribution is -0.125. The van der Waals surface area contributed by atoms with Crippen LogP contribution in [0.3, 0.4) is 0 Å². The first-order chi connectivity index (χ1) is 9.91. The third-order valence-electron chi connectivity index (χ3n) is 4.11. The minimum Gasteiger partial charge on any atom is -0.345 e. The van der Waals surface area contributed by atoms with Crippen LogP contribution in [-0.4, -0.2) is 45.9 Å². The fourth-order valence-electron chi connectivity index (χ4n) is 2.87. The Morgan fingerprint density at radius 2 is 2.00 bits per heavy atom. The highest BCUT2D eigenvalue weighted by atomic mass is 79.9. The van der Waals surface area contributed by atoms with Crippen molar-refractivity contribution in [3.05, 3.63) is 22.4 Å². The molecule has 21 heavy (non-hydrogen) atoms. The maximum absolute atomic E-state index is 12.5. The summed E-state index contributed by atoms with van der Waals surface area (Å²) in [6, 6.07) is 1.32. The molecule has 0 radical (unpaired) electrons. The summed E-state index contributed by atoms with van der Waals surface area (Å²) in [6.07, 6.45) is 2.69. The monoisotopic (exact) mass is 354 g/mol. The van der Waals surface area contributed by atoms with E-state index in [-0.39, 0.29) is 11.8 Å². The fourth-order valence-corrected chi connectivity index (χ4v) is 3.39. The summed E-state index contributed by atoms with van der Waals surface area (Å²) in [5.74, 6) is -0.357. The molecule has 3 rings (SSSR count). The maximum Gasteiger partial charge on any atom is 0.322 e. The highest BCUT2D eigenvalue weighted by Crippen LogP contribution is 2.26. The van der Waals surface area contributed by atoms with Crippen molar-refractivity contribution < 1.29 is 14.4 Å². The van der Waals surface area contributed by atoms with Gasteiger partial charge < -0.3 is 14.8 Å². The average Bonchev–Trinajstić information content (AvgIpc) is 2.90. The van der Waals surface area contributed by atoms with Crippen LogP contribution in [0, 0.1) is 0 Å². The number of hydrogen-bond donors (Lipinski definition) is 2. The Labute approximate surface area is 129 Å². The van der Waals surface area contributed by atoms with E-state index in [0.29, 0.717) is 31.6 Å². The molecule has 1 aromatic heterocycles. The summed E-state index contributed by atoms with van der Waals surface area (Å²) in [7, 11) is 1.81. The number of amides is 4. The minimum absolute atomic E-state index is 0.0669. The van der Waals surface area contributed by atoms with Gasteiger partial charge in [0, 0.05) is 30.8 Å². The van der Waals surface area contributed by atoms with Gasteiger partial charge in [-0.3, -0.25) is 14.9 Å². The van der Waals surface area contributed by atoms with Gasteiger partial charge in [0.15, 0.2) is 0 Å². The molecule has 7 nitrogen and oxygen atoms in total. The SMILES string of the molecule is Cn1cc(Br)cc1C(=O)N1CCC2(CC1)NC(=O)NC2=O. The van der Waals surface area contributed by atoms with Crippen LogP contribution in [0.25, 0.3) is 0 Å². The lowest BCUT2D eigenvalue weighted by atomic mass is 9.87. The molecule has 2 aliphatic heterocycles. The van der Waals surface area contributed by atoms with Crippen molar-refractivity contribution >= 4 is 33.8 Å². The second kappa shape index (κ2) is 4.87. The molecule has 0 atom stereocenters. The van der Waals surface area contributed by atoms with Crippen LogP contribution >= 0.6 is 15.9 Å². The van der Waals surface area contributed by atoms with Crippen LogP contribution in [0.2, 0.25) is 0 Å². The predicted octanol–water partition coefficient (Wildman–Crippen LogP) is 0.602. The van der Waals surface area contributed by atoms with Gasteiger partial charge in [0.2, 0.25) is 0 Å². The molecule has 1 spiro atoms. The van der Waals surface area contributed by atoms with Crippen molar-refractivity contribution in [3.63, 3.8) is 0 Å². The summed E-state index contributed by atoms with van der Waals surface area (Å²) < 4.78 is 2.62. The Morgan fingerprint density at radius 1 is 1.33 bits per heavy atom. The second-order valence-corrected chi connectivity index (χ2v) is 6.35. The Balaban J connectivity index is 1.71. The number of urea groups is 1. The van der Waals surface area contributed by atoms with E-state index in [1.54, 1.807) is 15.5 Å². The first kappa shape index (κ1) is 14.1. The molecular weight excluding hydrogens is 340 g/mol. The normalized spacial score (nSPS) is 20.6. The third kappa shape index (κ3) is 2.33. The molecule has 0 aromatic carbocycles. The highest BCUT2D eigenvalue weighted by Gasteiger charge is 2.48. The van der Waals surface area contributed by atoms with E-state index in [1.165, 1.54) is 0 Å². The first-order valence-corrected chi connectivity index (χ1v) is 7.45. The zero-order valence-corrected chi connectivity index (χ0v) is 13.1. The predicted molar refractivity (Wildman–Crippen MR) is 77.7 cm³/mol. The quantitative estimate of drug-likeness (QED) is 0.724. The van der Waals surface area contributed by atoms with E-state index < -0.39 is 11.6 Å². The molecule has 0 aliphatic carbocycles. The molecule has 1 aromatic rings. The van der Waals surface area contributed by atoms with Gasteiger partial charge in [0.25, 0.3) is 11.8 Å². The summed E-state index contributed by atoms with van der Waals surface area (Å²) in [5.41, 5.74) is -0.249. The van der Waals surface area contributed by atoms with Crippen molar-refractivity contribution in [3.8, 4) is 0 Å². The maximum atomic E-state index is 12.5. The van der Waals surface area contributed by atoms with Crippen molar-refractivity contribution in [2.24, 2.45) is 7.05 Å². The van der Waals surface area contributed by atoms with E-state index in [9.17, 15) is 14.4 Å². The van der Waals surface area contributed by atoms with E-state index in [0.717, 1.165) is 4.47 Å². The van der Waals surface area contributed by atoms with Gasteiger partial charge >= 0.3 is 6.03 Å². The smallest absolute Gasteiger partial charge is 0.322 e. The van der Waals surface area contributed by atoms with Crippen LogP contribution in [-0.2, 0) is 11.8 Å². The second-order valence-electron chi connectivity index (χ2n) is 5.44. The van der Waals surface area contributed by atoms with Crippen LogP contribution in [0.5, 0.6) is 0 Å². The Kier molecular flexibility index (Phi) is 3.27. The molecule has 2 fully saturated rings. The van der Waals surface area contributed by atoms with Gasteiger partial charge in [-0.2, -0.15) is 0 Å². The molecule has 0 bridgehead atoms. The van der Waals surface area contributed by atoms with Crippen molar-refractivity contribution in [1.29, 1.82) is 0 Å². The lowest BCUT2D eigenvalue weighted by Crippen LogP contribution is -2.55. The number of rotatable bonds is 1. The zero-order valence-electron chi connectivity index (χ0n) is 11.5. The number of nitrogens with one attached hydrogen (secondary N) is 2. The van der Waals surface area contributed by atoms with E-state index in [4.69, 9.17) is 0 Å². The number of hydrogen-bond acceptors (Lipinski definition) is 3. The molecule has 2 N–H and O–H groups in total. The summed E-state index contributed by atoms with van der Waals surface area (Å²) in [5, 5.41) is 4.95. The molecule has 8 heteroatoms. The molecular formula is C13H15BrN4O3. The van der Waals surface area contributed by atoms with E-state index >= 15 is 0 Å². The van der Waals surface area contributed by atoms with Crippen LogP contribution in [0.1, 0.15) is 23.3 Å². The van der Waals surface area contributed by atoms with Crippen molar-refractivity contribution in [2.75, 3.05) is 13.1 Å². The minimum atomic E-state index is -0.845. The van der Waals surface area contributed by atoms with Gasteiger partial charge in [-0.15, -0.1) is 0 Å². The molecule has 2 saturated heterocycles. The Hall–Kier alpha value is -1.83.